The molecule has 0 saturated heterocycles. The van der Waals surface area contributed by atoms with Crippen LogP contribution in [0.5, 0.6) is 11.5 Å². The van der Waals surface area contributed by atoms with E-state index in [2.05, 4.69) is 10.6 Å². The SMILES string of the molecule is NS(=O)(=O)c1ccc(CNC(=S)Nc2ccc3c(c2)OCO3)cc1. The number of hydrogen-bond acceptors (Lipinski definition) is 5. The molecule has 0 atom stereocenters. The highest BCUT2D eigenvalue weighted by molar-refractivity contribution is 7.89. The van der Waals surface area contributed by atoms with E-state index in [1.165, 1.54) is 12.1 Å². The van der Waals surface area contributed by atoms with Crippen molar-refractivity contribution < 1.29 is 17.9 Å². The average Bonchev–Trinajstić information content (AvgIpc) is 3.00. The summed E-state index contributed by atoms with van der Waals surface area (Å²) in [6.45, 7) is 0.664. The Morgan fingerprint density at radius 2 is 1.83 bits per heavy atom. The first-order valence-corrected chi connectivity index (χ1v) is 8.93. The molecule has 0 spiro atoms. The van der Waals surface area contributed by atoms with Gasteiger partial charge in [-0.1, -0.05) is 12.1 Å². The van der Waals surface area contributed by atoms with Gasteiger partial charge in [-0.2, -0.15) is 0 Å². The van der Waals surface area contributed by atoms with Crippen LogP contribution in [0.1, 0.15) is 5.56 Å². The van der Waals surface area contributed by atoms with E-state index in [1.807, 2.05) is 6.07 Å². The fourth-order valence-corrected chi connectivity index (χ4v) is 2.83. The summed E-state index contributed by atoms with van der Waals surface area (Å²) in [5.74, 6) is 1.37. The maximum atomic E-state index is 11.2. The predicted molar refractivity (Wildman–Crippen MR) is 93.4 cm³/mol. The van der Waals surface area contributed by atoms with Crippen molar-refractivity contribution in [2.24, 2.45) is 5.14 Å². The molecule has 3 rings (SSSR count). The Labute approximate surface area is 144 Å². The summed E-state index contributed by atoms with van der Waals surface area (Å²) in [5, 5.41) is 11.6. The van der Waals surface area contributed by atoms with Gasteiger partial charge in [0.05, 0.1) is 4.90 Å². The van der Waals surface area contributed by atoms with Crippen molar-refractivity contribution in [2.75, 3.05) is 12.1 Å². The van der Waals surface area contributed by atoms with Crippen LogP contribution in [-0.2, 0) is 16.6 Å². The highest BCUT2D eigenvalue weighted by Gasteiger charge is 2.13. The zero-order valence-corrected chi connectivity index (χ0v) is 14.1. The van der Waals surface area contributed by atoms with Crippen LogP contribution in [0.25, 0.3) is 0 Å². The fourth-order valence-electron chi connectivity index (χ4n) is 2.13. The summed E-state index contributed by atoms with van der Waals surface area (Å²) in [6, 6.07) is 11.7. The lowest BCUT2D eigenvalue weighted by atomic mass is 10.2. The molecule has 0 amide bonds. The number of benzene rings is 2. The van der Waals surface area contributed by atoms with E-state index in [0.29, 0.717) is 23.2 Å². The molecule has 0 fully saturated rings. The van der Waals surface area contributed by atoms with E-state index in [9.17, 15) is 8.42 Å². The number of rotatable bonds is 4. The number of sulfonamides is 1. The van der Waals surface area contributed by atoms with Crippen molar-refractivity contribution in [1.29, 1.82) is 0 Å². The summed E-state index contributed by atoms with van der Waals surface area (Å²) >= 11 is 5.24. The maximum absolute atomic E-state index is 11.2. The van der Waals surface area contributed by atoms with Crippen LogP contribution in [-0.4, -0.2) is 20.3 Å². The number of fused-ring (bicyclic) bond motifs is 1. The van der Waals surface area contributed by atoms with E-state index in [1.54, 1.807) is 24.3 Å². The second-order valence-electron chi connectivity index (χ2n) is 5.06. The van der Waals surface area contributed by atoms with Gasteiger partial charge in [-0.25, -0.2) is 13.6 Å². The molecular weight excluding hydrogens is 350 g/mol. The standard InChI is InChI=1S/C15H15N3O4S2/c16-24(19,20)12-4-1-10(2-5-12)8-17-15(23)18-11-3-6-13-14(7-11)22-9-21-13/h1-7H,8-9H2,(H2,16,19,20)(H2,17,18,23). The fraction of sp³-hybridized carbons (Fsp3) is 0.133. The Morgan fingerprint density at radius 3 is 2.54 bits per heavy atom. The number of nitrogens with two attached hydrogens (primary N) is 1. The molecule has 0 unspecified atom stereocenters. The molecule has 1 aliphatic heterocycles. The molecule has 0 radical (unpaired) electrons. The monoisotopic (exact) mass is 365 g/mol. The lowest BCUT2D eigenvalue weighted by molar-refractivity contribution is 0.174. The molecule has 1 aliphatic rings. The normalized spacial score (nSPS) is 12.7. The molecule has 7 nitrogen and oxygen atoms in total. The van der Waals surface area contributed by atoms with Crippen LogP contribution in [0.3, 0.4) is 0 Å². The third-order valence-electron chi connectivity index (χ3n) is 3.34. The Kier molecular flexibility index (Phi) is 4.56. The minimum Gasteiger partial charge on any atom is -0.454 e. The number of ether oxygens (including phenoxy) is 2. The van der Waals surface area contributed by atoms with Crippen molar-refractivity contribution in [2.45, 2.75) is 11.4 Å². The molecule has 0 bridgehead atoms. The lowest BCUT2D eigenvalue weighted by Gasteiger charge is -2.11. The van der Waals surface area contributed by atoms with Crippen LogP contribution in [0.15, 0.2) is 47.4 Å². The summed E-state index contributed by atoms with van der Waals surface area (Å²) in [4.78, 5) is 0.0762. The van der Waals surface area contributed by atoms with Crippen molar-refractivity contribution in [1.82, 2.24) is 5.32 Å². The summed E-state index contributed by atoms with van der Waals surface area (Å²) in [6.07, 6.45) is 0. The van der Waals surface area contributed by atoms with E-state index < -0.39 is 10.0 Å². The molecule has 0 aliphatic carbocycles. The molecule has 0 aromatic heterocycles. The second kappa shape index (κ2) is 6.63. The van der Waals surface area contributed by atoms with Gasteiger partial charge in [0.25, 0.3) is 0 Å². The minimum absolute atomic E-state index is 0.0762. The Hall–Kier alpha value is -2.36. The first kappa shape index (κ1) is 16.5. The zero-order valence-electron chi connectivity index (χ0n) is 12.5. The van der Waals surface area contributed by atoms with E-state index >= 15 is 0 Å². The van der Waals surface area contributed by atoms with Gasteiger partial charge < -0.3 is 20.1 Å². The summed E-state index contributed by atoms with van der Waals surface area (Å²) in [5.41, 5.74) is 1.65. The number of primary sulfonamides is 1. The zero-order chi connectivity index (χ0) is 17.2. The average molecular weight is 365 g/mol. The van der Waals surface area contributed by atoms with Crippen molar-refractivity contribution >= 4 is 33.0 Å². The Morgan fingerprint density at radius 1 is 1.12 bits per heavy atom. The van der Waals surface area contributed by atoms with Crippen LogP contribution >= 0.6 is 12.2 Å². The van der Waals surface area contributed by atoms with E-state index in [-0.39, 0.29) is 11.7 Å². The van der Waals surface area contributed by atoms with Gasteiger partial charge in [-0.15, -0.1) is 0 Å². The molecule has 2 aromatic carbocycles. The van der Waals surface area contributed by atoms with Crippen LogP contribution in [0, 0.1) is 0 Å². The van der Waals surface area contributed by atoms with Gasteiger partial charge in [0.1, 0.15) is 0 Å². The largest absolute Gasteiger partial charge is 0.454 e. The summed E-state index contributed by atoms with van der Waals surface area (Å²) < 4.78 is 33.0. The van der Waals surface area contributed by atoms with Gasteiger partial charge in [0.15, 0.2) is 16.6 Å². The van der Waals surface area contributed by atoms with Crippen LogP contribution < -0.4 is 25.2 Å². The molecule has 9 heteroatoms. The topological polar surface area (TPSA) is 103 Å². The number of nitrogens with one attached hydrogen (secondary N) is 2. The smallest absolute Gasteiger partial charge is 0.238 e. The molecule has 126 valence electrons. The second-order valence-corrected chi connectivity index (χ2v) is 7.03. The van der Waals surface area contributed by atoms with Crippen molar-refractivity contribution in [3.05, 3.63) is 48.0 Å². The molecule has 2 aromatic rings. The number of hydrogen-bond donors (Lipinski definition) is 3. The molecule has 0 saturated carbocycles. The van der Waals surface area contributed by atoms with Gasteiger partial charge in [0, 0.05) is 18.3 Å². The lowest BCUT2D eigenvalue weighted by Crippen LogP contribution is -2.27. The third kappa shape index (κ3) is 3.94. The predicted octanol–water partition coefficient (Wildman–Crippen LogP) is 1.55. The quantitative estimate of drug-likeness (QED) is 0.707. The Balaban J connectivity index is 1.56. The molecular formula is C15H15N3O4S2. The van der Waals surface area contributed by atoms with Crippen molar-refractivity contribution in [3.8, 4) is 11.5 Å². The van der Waals surface area contributed by atoms with Gasteiger partial charge in [-0.05, 0) is 42.0 Å². The molecule has 24 heavy (non-hydrogen) atoms. The van der Waals surface area contributed by atoms with E-state index in [0.717, 1.165) is 11.3 Å². The highest BCUT2D eigenvalue weighted by Crippen LogP contribution is 2.34. The first-order chi connectivity index (χ1) is 11.4. The van der Waals surface area contributed by atoms with Crippen LogP contribution in [0.4, 0.5) is 5.69 Å². The van der Waals surface area contributed by atoms with Gasteiger partial charge in [-0.3, -0.25) is 0 Å². The molecule has 1 heterocycles. The van der Waals surface area contributed by atoms with Crippen LogP contribution in [0.2, 0.25) is 0 Å². The van der Waals surface area contributed by atoms with E-state index in [4.69, 9.17) is 26.8 Å². The minimum atomic E-state index is -3.68. The number of thiocarbonyl (C=S) groups is 1. The Bertz CT molecular complexity index is 867. The van der Waals surface area contributed by atoms with Crippen molar-refractivity contribution in [3.63, 3.8) is 0 Å². The third-order valence-corrected chi connectivity index (χ3v) is 4.51. The highest BCUT2D eigenvalue weighted by atomic mass is 32.2. The summed E-state index contributed by atoms with van der Waals surface area (Å²) in [7, 11) is -3.68. The maximum Gasteiger partial charge on any atom is 0.238 e. The van der Waals surface area contributed by atoms with Gasteiger partial charge in [0.2, 0.25) is 16.8 Å². The molecule has 4 N–H and O–H groups in total. The number of anilines is 1. The van der Waals surface area contributed by atoms with Gasteiger partial charge >= 0.3 is 0 Å². The first-order valence-electron chi connectivity index (χ1n) is 6.98.